The van der Waals surface area contributed by atoms with Gasteiger partial charge in [0.1, 0.15) is 0 Å². The van der Waals surface area contributed by atoms with Gasteiger partial charge in [-0.15, -0.1) is 0 Å². The Kier molecular flexibility index (Phi) is 3.78. The number of guanidine groups is 1. The predicted molar refractivity (Wildman–Crippen MR) is 85.3 cm³/mol. The van der Waals surface area contributed by atoms with Crippen LogP contribution in [0, 0.1) is 0 Å². The van der Waals surface area contributed by atoms with Crippen molar-refractivity contribution in [2.24, 2.45) is 4.99 Å². The molecule has 1 aliphatic heterocycles. The second-order valence-corrected chi connectivity index (χ2v) is 5.62. The third-order valence-corrected chi connectivity index (χ3v) is 3.92. The molecular formula is C15H16N4S. The lowest BCUT2D eigenvalue weighted by Crippen LogP contribution is -2.26. The Morgan fingerprint density at radius 1 is 1.00 bits per heavy atom. The van der Waals surface area contributed by atoms with Gasteiger partial charge in [0.2, 0.25) is 0 Å². The number of aliphatic imine (C=N–C) groups is 1. The van der Waals surface area contributed by atoms with Crippen molar-refractivity contribution in [2.75, 3.05) is 24.1 Å². The van der Waals surface area contributed by atoms with Crippen LogP contribution < -0.4 is 16.4 Å². The number of anilines is 2. The molecule has 0 bridgehead atoms. The maximum Gasteiger partial charge on any atom is 0.195 e. The molecule has 5 heteroatoms. The third-order valence-electron chi connectivity index (χ3n) is 2.91. The molecule has 1 aliphatic rings. The molecule has 0 aromatic heterocycles. The number of rotatable bonds is 3. The van der Waals surface area contributed by atoms with E-state index in [9.17, 15) is 0 Å². The highest BCUT2D eigenvalue weighted by molar-refractivity contribution is 7.99. The monoisotopic (exact) mass is 284 g/mol. The molecule has 4 N–H and O–H groups in total. The normalized spacial score (nSPS) is 13.7. The molecule has 102 valence electrons. The summed E-state index contributed by atoms with van der Waals surface area (Å²) in [5.74, 6) is 0.851. The smallest absolute Gasteiger partial charge is 0.195 e. The van der Waals surface area contributed by atoms with Crippen LogP contribution in [0.1, 0.15) is 0 Å². The van der Waals surface area contributed by atoms with Gasteiger partial charge in [0, 0.05) is 27.7 Å². The first kappa shape index (κ1) is 12.9. The van der Waals surface area contributed by atoms with Gasteiger partial charge in [0.15, 0.2) is 5.96 Å². The van der Waals surface area contributed by atoms with Gasteiger partial charge in [0.25, 0.3) is 0 Å². The highest BCUT2D eigenvalue weighted by Crippen LogP contribution is 2.28. The molecule has 0 spiro atoms. The summed E-state index contributed by atoms with van der Waals surface area (Å²) in [6, 6.07) is 16.2. The molecule has 1 heterocycles. The zero-order valence-corrected chi connectivity index (χ0v) is 11.8. The highest BCUT2D eigenvalue weighted by Gasteiger charge is 2.04. The first-order chi connectivity index (χ1) is 9.79. The molecule has 0 unspecified atom stereocenters. The van der Waals surface area contributed by atoms with Gasteiger partial charge in [-0.1, -0.05) is 11.8 Å². The minimum atomic E-state index is 0.790. The first-order valence-corrected chi connectivity index (χ1v) is 7.30. The molecule has 0 aliphatic carbocycles. The highest BCUT2D eigenvalue weighted by atomic mass is 32.2. The number of hydrogen-bond acceptors (Lipinski definition) is 5. The largest absolute Gasteiger partial charge is 0.399 e. The average molecular weight is 284 g/mol. The summed E-state index contributed by atoms with van der Waals surface area (Å²) in [4.78, 5) is 6.68. The van der Waals surface area contributed by atoms with Gasteiger partial charge in [-0.2, -0.15) is 0 Å². The Morgan fingerprint density at radius 2 is 1.65 bits per heavy atom. The van der Waals surface area contributed by atoms with Crippen LogP contribution in [0.15, 0.2) is 63.3 Å². The van der Waals surface area contributed by atoms with E-state index < -0.39 is 0 Å². The average Bonchev–Trinajstić information content (AvgIpc) is 2.96. The van der Waals surface area contributed by atoms with Crippen molar-refractivity contribution in [1.82, 2.24) is 5.32 Å². The van der Waals surface area contributed by atoms with E-state index in [1.54, 1.807) is 11.8 Å². The lowest BCUT2D eigenvalue weighted by atomic mass is 10.3. The van der Waals surface area contributed by atoms with Gasteiger partial charge < -0.3 is 16.4 Å². The lowest BCUT2D eigenvalue weighted by Gasteiger charge is -2.07. The zero-order valence-electron chi connectivity index (χ0n) is 11.0. The standard InChI is InChI=1S/C15H16N4S/c16-11-1-5-13(6-2-11)20-14-7-3-12(4-8-14)19-15-17-9-10-18-15/h1-8H,9-10,16H2,(H2,17,18,19). The summed E-state index contributed by atoms with van der Waals surface area (Å²) in [7, 11) is 0. The number of nitrogens with zero attached hydrogens (tertiary/aromatic N) is 1. The zero-order chi connectivity index (χ0) is 13.8. The molecule has 0 radical (unpaired) electrons. The summed E-state index contributed by atoms with van der Waals surface area (Å²) >= 11 is 1.72. The van der Waals surface area contributed by atoms with Crippen molar-refractivity contribution in [1.29, 1.82) is 0 Å². The summed E-state index contributed by atoms with van der Waals surface area (Å²) in [6.07, 6.45) is 0. The molecule has 0 fully saturated rings. The number of nitrogens with two attached hydrogens (primary N) is 1. The van der Waals surface area contributed by atoms with Crippen molar-refractivity contribution in [3.8, 4) is 0 Å². The van der Waals surface area contributed by atoms with Gasteiger partial charge in [-0.3, -0.25) is 4.99 Å². The van der Waals surface area contributed by atoms with Crippen molar-refractivity contribution >= 4 is 29.1 Å². The molecule has 0 saturated carbocycles. The predicted octanol–water partition coefficient (Wildman–Crippen LogP) is 2.79. The van der Waals surface area contributed by atoms with E-state index in [2.05, 4.69) is 39.9 Å². The molecular weight excluding hydrogens is 268 g/mol. The van der Waals surface area contributed by atoms with Crippen molar-refractivity contribution < 1.29 is 0 Å². The molecule has 0 atom stereocenters. The Bertz CT molecular complexity index is 605. The fraction of sp³-hybridized carbons (Fsp3) is 0.133. The van der Waals surface area contributed by atoms with Crippen molar-refractivity contribution in [3.63, 3.8) is 0 Å². The third kappa shape index (κ3) is 3.24. The molecule has 4 nitrogen and oxygen atoms in total. The number of nitrogen functional groups attached to an aromatic ring is 1. The van der Waals surface area contributed by atoms with Crippen LogP contribution in [0.3, 0.4) is 0 Å². The van der Waals surface area contributed by atoms with Crippen LogP contribution >= 0.6 is 11.8 Å². The quantitative estimate of drug-likeness (QED) is 0.758. The molecule has 20 heavy (non-hydrogen) atoms. The minimum Gasteiger partial charge on any atom is -0.399 e. The van der Waals surface area contributed by atoms with E-state index in [-0.39, 0.29) is 0 Å². The maximum atomic E-state index is 5.68. The summed E-state index contributed by atoms with van der Waals surface area (Å²) in [5.41, 5.74) is 7.52. The summed E-state index contributed by atoms with van der Waals surface area (Å²) in [6.45, 7) is 1.75. The first-order valence-electron chi connectivity index (χ1n) is 6.48. The van der Waals surface area contributed by atoms with Gasteiger partial charge in [-0.05, 0) is 48.5 Å². The molecule has 0 saturated heterocycles. The molecule has 2 aromatic carbocycles. The van der Waals surface area contributed by atoms with Crippen LogP contribution in [0.4, 0.5) is 11.4 Å². The summed E-state index contributed by atoms with van der Waals surface area (Å²) in [5, 5.41) is 6.44. The van der Waals surface area contributed by atoms with Crippen molar-refractivity contribution in [2.45, 2.75) is 9.79 Å². The number of hydrogen-bond donors (Lipinski definition) is 3. The van der Waals surface area contributed by atoms with E-state index >= 15 is 0 Å². The van der Waals surface area contributed by atoms with Crippen LogP contribution in [-0.2, 0) is 0 Å². The SMILES string of the molecule is Nc1ccc(Sc2ccc(NC3=NCCN3)cc2)cc1. The van der Waals surface area contributed by atoms with Crippen LogP contribution in [0.5, 0.6) is 0 Å². The Morgan fingerprint density at radius 3 is 2.25 bits per heavy atom. The Balaban J connectivity index is 1.65. The van der Waals surface area contributed by atoms with Crippen molar-refractivity contribution in [3.05, 3.63) is 48.5 Å². The Labute approximate surface area is 122 Å². The lowest BCUT2D eigenvalue weighted by molar-refractivity contribution is 0.959. The maximum absolute atomic E-state index is 5.68. The number of nitrogens with one attached hydrogen (secondary N) is 2. The second-order valence-electron chi connectivity index (χ2n) is 4.48. The van der Waals surface area contributed by atoms with Crippen LogP contribution in [-0.4, -0.2) is 19.0 Å². The Hall–Kier alpha value is -2.14. The van der Waals surface area contributed by atoms with E-state index in [0.29, 0.717) is 0 Å². The van der Waals surface area contributed by atoms with E-state index in [0.717, 1.165) is 30.4 Å². The topological polar surface area (TPSA) is 62.4 Å². The van der Waals surface area contributed by atoms with E-state index in [1.807, 2.05) is 24.3 Å². The molecule has 2 aromatic rings. The molecule has 3 rings (SSSR count). The van der Waals surface area contributed by atoms with Crippen LogP contribution in [0.25, 0.3) is 0 Å². The van der Waals surface area contributed by atoms with Gasteiger partial charge in [0.05, 0.1) is 6.54 Å². The van der Waals surface area contributed by atoms with E-state index in [1.165, 1.54) is 9.79 Å². The fourth-order valence-corrected chi connectivity index (χ4v) is 2.71. The van der Waals surface area contributed by atoms with Crippen LogP contribution in [0.2, 0.25) is 0 Å². The van der Waals surface area contributed by atoms with Gasteiger partial charge >= 0.3 is 0 Å². The minimum absolute atomic E-state index is 0.790. The number of benzene rings is 2. The molecule has 0 amide bonds. The van der Waals surface area contributed by atoms with E-state index in [4.69, 9.17) is 5.73 Å². The van der Waals surface area contributed by atoms with Gasteiger partial charge in [-0.25, -0.2) is 0 Å². The second kappa shape index (κ2) is 5.88. The summed E-state index contributed by atoms with van der Waals surface area (Å²) < 4.78 is 0. The fourth-order valence-electron chi connectivity index (χ4n) is 1.90.